The molecular weight excluding hydrogens is 256 g/mol. The van der Waals surface area contributed by atoms with E-state index in [9.17, 15) is 0 Å². The second-order valence-electron chi connectivity index (χ2n) is 5.09. The number of aryl methyl sites for hydroxylation is 1. The van der Waals surface area contributed by atoms with Crippen molar-refractivity contribution in [2.75, 3.05) is 0 Å². The van der Waals surface area contributed by atoms with Gasteiger partial charge in [-0.2, -0.15) is 0 Å². The first-order chi connectivity index (χ1) is 9.22. The molecule has 1 aliphatic heterocycles. The molecule has 0 aromatic heterocycles. The van der Waals surface area contributed by atoms with Crippen LogP contribution in [0.4, 0.5) is 0 Å². The quantitative estimate of drug-likeness (QED) is 0.866. The fraction of sp³-hybridized carbons (Fsp3) is 0.250. The number of rotatable bonds is 2. The molecule has 0 saturated carbocycles. The summed E-state index contributed by atoms with van der Waals surface area (Å²) in [7, 11) is 0. The maximum atomic E-state index is 5.92. The second-order valence-corrected chi connectivity index (χ2v) is 5.53. The van der Waals surface area contributed by atoms with Crippen LogP contribution in [-0.4, -0.2) is 0 Å². The Morgan fingerprint density at radius 3 is 1.84 bits per heavy atom. The first-order valence-electron chi connectivity index (χ1n) is 6.55. The van der Waals surface area contributed by atoms with Gasteiger partial charge in [0.1, 0.15) is 0 Å². The lowest BCUT2D eigenvalue weighted by Crippen LogP contribution is -2.26. The van der Waals surface area contributed by atoms with Gasteiger partial charge in [0.2, 0.25) is 0 Å². The zero-order valence-electron chi connectivity index (χ0n) is 10.9. The van der Waals surface area contributed by atoms with Crippen LogP contribution in [0.1, 0.15) is 35.2 Å². The van der Waals surface area contributed by atoms with Gasteiger partial charge in [-0.3, -0.25) is 0 Å². The van der Waals surface area contributed by atoms with Crippen LogP contribution in [0, 0.1) is 6.92 Å². The first-order valence-corrected chi connectivity index (χ1v) is 6.93. The monoisotopic (exact) mass is 272 g/mol. The molecule has 0 bridgehead atoms. The van der Waals surface area contributed by atoms with Gasteiger partial charge < -0.3 is 0 Å². The van der Waals surface area contributed by atoms with E-state index in [2.05, 4.69) is 54.2 Å². The molecule has 19 heavy (non-hydrogen) atoms. The van der Waals surface area contributed by atoms with Crippen molar-refractivity contribution >= 4 is 11.6 Å². The van der Waals surface area contributed by atoms with E-state index in [-0.39, 0.29) is 0 Å². The van der Waals surface area contributed by atoms with Crippen molar-refractivity contribution in [3.05, 3.63) is 70.2 Å². The zero-order valence-corrected chi connectivity index (χ0v) is 11.6. The van der Waals surface area contributed by atoms with E-state index in [0.717, 1.165) is 11.4 Å². The number of hydrogen-bond acceptors (Lipinski definition) is 2. The predicted octanol–water partition coefficient (Wildman–Crippen LogP) is 3.93. The average molecular weight is 273 g/mol. The van der Waals surface area contributed by atoms with Crippen LogP contribution in [0.25, 0.3) is 0 Å². The summed E-state index contributed by atoms with van der Waals surface area (Å²) < 4.78 is 0. The van der Waals surface area contributed by atoms with E-state index in [0.29, 0.717) is 12.1 Å². The summed E-state index contributed by atoms with van der Waals surface area (Å²) in [6, 6.07) is 17.5. The van der Waals surface area contributed by atoms with Gasteiger partial charge >= 0.3 is 0 Å². The lowest BCUT2D eigenvalue weighted by atomic mass is 9.97. The Hall–Kier alpha value is -1.35. The van der Waals surface area contributed by atoms with Crippen LogP contribution in [0.5, 0.6) is 0 Å². The van der Waals surface area contributed by atoms with Crippen LogP contribution in [0.3, 0.4) is 0 Å². The predicted molar refractivity (Wildman–Crippen MR) is 79.0 cm³/mol. The smallest absolute Gasteiger partial charge is 0.0481 e. The Morgan fingerprint density at radius 2 is 1.32 bits per heavy atom. The van der Waals surface area contributed by atoms with Crippen molar-refractivity contribution in [3.8, 4) is 0 Å². The van der Waals surface area contributed by atoms with Crippen molar-refractivity contribution in [2.45, 2.75) is 25.4 Å². The summed E-state index contributed by atoms with van der Waals surface area (Å²) in [5.74, 6) is 0. The van der Waals surface area contributed by atoms with Crippen molar-refractivity contribution in [1.29, 1.82) is 0 Å². The van der Waals surface area contributed by atoms with Crippen molar-refractivity contribution < 1.29 is 0 Å². The second kappa shape index (κ2) is 5.33. The molecule has 2 unspecified atom stereocenters. The maximum absolute atomic E-state index is 5.92. The Labute approximate surface area is 118 Å². The van der Waals surface area contributed by atoms with Crippen molar-refractivity contribution in [3.63, 3.8) is 0 Å². The third-order valence-electron chi connectivity index (χ3n) is 3.66. The molecule has 0 spiro atoms. The fourth-order valence-corrected chi connectivity index (χ4v) is 2.61. The fourth-order valence-electron chi connectivity index (χ4n) is 2.49. The Bertz CT molecular complexity index is 496. The summed E-state index contributed by atoms with van der Waals surface area (Å²) in [5, 5.41) is 0.782. The molecule has 2 nitrogen and oxygen atoms in total. The number of benzene rings is 2. The van der Waals surface area contributed by atoms with Gasteiger partial charge in [0, 0.05) is 17.1 Å². The average Bonchev–Trinajstić information content (AvgIpc) is 2.90. The summed E-state index contributed by atoms with van der Waals surface area (Å²) in [6.07, 6.45) is 1.05. The van der Waals surface area contributed by atoms with Gasteiger partial charge in [-0.15, -0.1) is 0 Å². The SMILES string of the molecule is Cc1ccc(C2CC(c3ccc(Cl)cc3)NN2)cc1. The molecule has 3 rings (SSSR count). The van der Waals surface area contributed by atoms with E-state index in [1.165, 1.54) is 16.7 Å². The number of hydrogen-bond donors (Lipinski definition) is 2. The minimum absolute atomic E-state index is 0.337. The van der Waals surface area contributed by atoms with E-state index >= 15 is 0 Å². The molecule has 98 valence electrons. The zero-order chi connectivity index (χ0) is 13.2. The number of hydrazine groups is 1. The van der Waals surface area contributed by atoms with E-state index < -0.39 is 0 Å². The van der Waals surface area contributed by atoms with Gasteiger partial charge in [-0.1, -0.05) is 53.6 Å². The van der Waals surface area contributed by atoms with Crippen LogP contribution in [0.2, 0.25) is 5.02 Å². The molecule has 2 N–H and O–H groups in total. The minimum atomic E-state index is 0.337. The topological polar surface area (TPSA) is 24.1 Å². The highest BCUT2D eigenvalue weighted by molar-refractivity contribution is 6.30. The molecule has 0 amide bonds. The summed E-state index contributed by atoms with van der Waals surface area (Å²) in [4.78, 5) is 0. The van der Waals surface area contributed by atoms with E-state index in [4.69, 9.17) is 11.6 Å². The van der Waals surface area contributed by atoms with Gasteiger partial charge in [0.25, 0.3) is 0 Å². The van der Waals surface area contributed by atoms with Gasteiger partial charge in [-0.05, 0) is 36.6 Å². The third-order valence-corrected chi connectivity index (χ3v) is 3.91. The molecule has 2 aromatic carbocycles. The molecule has 3 heteroatoms. The third kappa shape index (κ3) is 2.81. The molecule has 0 aliphatic carbocycles. The lowest BCUT2D eigenvalue weighted by molar-refractivity contribution is 0.555. The van der Waals surface area contributed by atoms with Crippen LogP contribution >= 0.6 is 11.6 Å². The highest BCUT2D eigenvalue weighted by atomic mass is 35.5. The molecular formula is C16H17ClN2. The number of nitrogens with one attached hydrogen (secondary N) is 2. The van der Waals surface area contributed by atoms with Crippen molar-refractivity contribution in [2.24, 2.45) is 0 Å². The minimum Gasteiger partial charge on any atom is -0.250 e. The highest BCUT2D eigenvalue weighted by Crippen LogP contribution is 2.31. The summed E-state index contributed by atoms with van der Waals surface area (Å²) in [6.45, 7) is 2.11. The van der Waals surface area contributed by atoms with Crippen LogP contribution in [-0.2, 0) is 0 Å². The molecule has 2 aromatic rings. The molecule has 1 aliphatic rings. The maximum Gasteiger partial charge on any atom is 0.0481 e. The first kappa shape index (κ1) is 12.7. The normalized spacial score (nSPS) is 22.6. The van der Waals surface area contributed by atoms with Gasteiger partial charge in [0.05, 0.1) is 0 Å². The lowest BCUT2D eigenvalue weighted by Gasteiger charge is -2.10. The van der Waals surface area contributed by atoms with E-state index in [1.54, 1.807) is 0 Å². The van der Waals surface area contributed by atoms with E-state index in [1.807, 2.05) is 12.1 Å². The largest absolute Gasteiger partial charge is 0.250 e. The Morgan fingerprint density at radius 1 is 0.842 bits per heavy atom. The van der Waals surface area contributed by atoms with Crippen LogP contribution in [0.15, 0.2) is 48.5 Å². The Kier molecular flexibility index (Phi) is 3.56. The molecule has 1 heterocycles. The Balaban J connectivity index is 1.73. The van der Waals surface area contributed by atoms with Gasteiger partial charge in [0.15, 0.2) is 0 Å². The number of halogens is 1. The molecule has 2 atom stereocenters. The van der Waals surface area contributed by atoms with Crippen molar-refractivity contribution in [1.82, 2.24) is 10.9 Å². The summed E-state index contributed by atoms with van der Waals surface area (Å²) >= 11 is 5.92. The van der Waals surface area contributed by atoms with Gasteiger partial charge in [-0.25, -0.2) is 10.9 Å². The standard InChI is InChI=1S/C16H17ClN2/c1-11-2-4-12(5-3-11)15-10-16(19-18-15)13-6-8-14(17)9-7-13/h2-9,15-16,18-19H,10H2,1H3. The molecule has 1 fully saturated rings. The molecule has 1 saturated heterocycles. The van der Waals surface area contributed by atoms with Crippen LogP contribution < -0.4 is 10.9 Å². The highest BCUT2D eigenvalue weighted by Gasteiger charge is 2.25. The molecule has 0 radical (unpaired) electrons. The summed E-state index contributed by atoms with van der Waals surface area (Å²) in [5.41, 5.74) is 10.6.